The molecule has 6 nitrogen and oxygen atoms in total. The van der Waals surface area contributed by atoms with Gasteiger partial charge < -0.3 is 9.47 Å². The number of benzene rings is 1. The van der Waals surface area contributed by atoms with Crippen LogP contribution >= 0.6 is 11.6 Å². The van der Waals surface area contributed by atoms with Crippen LogP contribution in [0.4, 0.5) is 0 Å². The number of nitriles is 3. The molecule has 4 unspecified atom stereocenters. The summed E-state index contributed by atoms with van der Waals surface area (Å²) in [6.07, 6.45) is 1.78. The zero-order chi connectivity index (χ0) is 18.6. The third-order valence-electron chi connectivity index (χ3n) is 5.99. The number of halogens is 1. The first-order valence-corrected chi connectivity index (χ1v) is 8.82. The van der Waals surface area contributed by atoms with Gasteiger partial charge in [0.1, 0.15) is 6.10 Å². The third kappa shape index (κ3) is 1.75. The van der Waals surface area contributed by atoms with E-state index in [9.17, 15) is 15.8 Å². The molecule has 0 radical (unpaired) electrons. The van der Waals surface area contributed by atoms with Gasteiger partial charge in [0.05, 0.1) is 24.1 Å². The van der Waals surface area contributed by atoms with E-state index < -0.39 is 28.6 Å². The topological polar surface area (TPSA) is 114 Å². The Labute approximate surface area is 156 Å². The van der Waals surface area contributed by atoms with Crippen molar-refractivity contribution in [3.05, 3.63) is 34.9 Å². The molecule has 3 aliphatic rings. The predicted octanol–water partition coefficient (Wildman–Crippen LogP) is 3.85. The molecule has 130 valence electrons. The lowest BCUT2D eigenvalue weighted by molar-refractivity contribution is -0.294. The Hall–Kier alpha value is -2.59. The Morgan fingerprint density at radius 2 is 1.77 bits per heavy atom. The van der Waals surface area contributed by atoms with Crippen LogP contribution in [0.25, 0.3) is 0 Å². The second-order valence-electron chi connectivity index (χ2n) is 7.04. The molecular formula is C19H15ClN4O2. The van der Waals surface area contributed by atoms with Gasteiger partial charge in [-0.3, -0.25) is 5.41 Å². The molecule has 7 heteroatoms. The molecule has 1 saturated carbocycles. The van der Waals surface area contributed by atoms with Gasteiger partial charge in [-0.1, -0.05) is 30.2 Å². The van der Waals surface area contributed by atoms with Gasteiger partial charge in [-0.25, -0.2) is 0 Å². The van der Waals surface area contributed by atoms with Crippen molar-refractivity contribution in [1.82, 2.24) is 0 Å². The van der Waals surface area contributed by atoms with E-state index in [-0.39, 0.29) is 5.90 Å². The van der Waals surface area contributed by atoms with Crippen LogP contribution in [0, 0.1) is 56.2 Å². The van der Waals surface area contributed by atoms with Crippen LogP contribution in [0.2, 0.25) is 5.02 Å². The van der Waals surface area contributed by atoms with Crippen LogP contribution in [-0.2, 0) is 9.47 Å². The van der Waals surface area contributed by atoms with Crippen molar-refractivity contribution in [2.24, 2.45) is 16.7 Å². The Bertz CT molecular complexity index is 895. The number of nitrogens with one attached hydrogen (secondary N) is 1. The van der Waals surface area contributed by atoms with E-state index in [0.29, 0.717) is 23.4 Å². The number of nitrogens with zero attached hydrogens (tertiary/aromatic N) is 3. The number of hydrogen-bond acceptors (Lipinski definition) is 6. The maximum atomic E-state index is 10.1. The molecule has 2 saturated heterocycles. The van der Waals surface area contributed by atoms with Crippen molar-refractivity contribution in [2.45, 2.75) is 37.6 Å². The molecule has 1 aromatic rings. The van der Waals surface area contributed by atoms with Crippen LogP contribution in [-0.4, -0.2) is 11.7 Å². The lowest BCUT2D eigenvalue weighted by atomic mass is 9.51. The predicted molar refractivity (Wildman–Crippen MR) is 90.5 cm³/mol. The quantitative estimate of drug-likeness (QED) is 0.810. The molecule has 26 heavy (non-hydrogen) atoms. The first kappa shape index (κ1) is 16.9. The molecule has 2 bridgehead atoms. The van der Waals surface area contributed by atoms with Crippen LogP contribution in [0.5, 0.6) is 0 Å². The molecule has 2 aliphatic heterocycles. The summed E-state index contributed by atoms with van der Waals surface area (Å²) < 4.78 is 12.1. The van der Waals surface area contributed by atoms with E-state index in [2.05, 4.69) is 6.07 Å². The van der Waals surface area contributed by atoms with E-state index in [1.165, 1.54) is 0 Å². The molecule has 1 aromatic carbocycles. The second-order valence-corrected chi connectivity index (χ2v) is 7.48. The summed E-state index contributed by atoms with van der Waals surface area (Å²) in [6.45, 7) is 0. The maximum Gasteiger partial charge on any atom is 0.217 e. The molecule has 0 spiro atoms. The minimum absolute atomic E-state index is 0.327. The summed E-state index contributed by atoms with van der Waals surface area (Å²) in [6, 6.07) is 12.9. The summed E-state index contributed by atoms with van der Waals surface area (Å²) in [5.41, 5.74) is -2.97. The molecule has 3 fully saturated rings. The molecule has 1 aliphatic carbocycles. The van der Waals surface area contributed by atoms with Crippen LogP contribution < -0.4 is 0 Å². The smallest absolute Gasteiger partial charge is 0.217 e. The SMILES string of the molecule is N#CC1(C#N)C(c2ccc(Cl)cc2)OC23CCCCC2C1(C#N)C(=N)O3. The fourth-order valence-corrected chi connectivity index (χ4v) is 4.92. The Kier molecular flexibility index (Phi) is 3.53. The standard InChI is InChI=1S/C19H15ClN4O2/c20-13-6-4-12(5-7-13)15-17(9-21,10-22)18(11-23)14-3-1-2-8-19(14,25-15)26-16(18)24/h4-7,14-15,24H,1-3,8H2. The van der Waals surface area contributed by atoms with Gasteiger partial charge in [-0.15, -0.1) is 0 Å². The van der Waals surface area contributed by atoms with E-state index in [4.69, 9.17) is 26.5 Å². The molecule has 0 amide bonds. The first-order chi connectivity index (χ1) is 12.5. The van der Waals surface area contributed by atoms with Crippen molar-refractivity contribution < 1.29 is 9.47 Å². The highest BCUT2D eigenvalue weighted by Crippen LogP contribution is 2.69. The molecule has 0 aromatic heterocycles. The summed E-state index contributed by atoms with van der Waals surface area (Å²) in [7, 11) is 0. The van der Waals surface area contributed by atoms with Crippen molar-refractivity contribution in [3.63, 3.8) is 0 Å². The van der Waals surface area contributed by atoms with E-state index in [1.807, 2.05) is 12.1 Å². The monoisotopic (exact) mass is 366 g/mol. The highest BCUT2D eigenvalue weighted by molar-refractivity contribution is 6.30. The van der Waals surface area contributed by atoms with E-state index >= 15 is 0 Å². The van der Waals surface area contributed by atoms with Gasteiger partial charge in [-0.2, -0.15) is 15.8 Å². The Morgan fingerprint density at radius 3 is 2.38 bits per heavy atom. The number of hydrogen-bond donors (Lipinski definition) is 1. The van der Waals surface area contributed by atoms with E-state index in [1.54, 1.807) is 24.3 Å². The largest absolute Gasteiger partial charge is 0.447 e. The second kappa shape index (κ2) is 5.45. The minimum atomic E-state index is -1.88. The number of ether oxygens (including phenoxy) is 2. The van der Waals surface area contributed by atoms with Gasteiger partial charge in [0.15, 0.2) is 5.41 Å². The van der Waals surface area contributed by atoms with Crippen LogP contribution in [0.15, 0.2) is 24.3 Å². The molecule has 1 N–H and O–H groups in total. The average Bonchev–Trinajstić information content (AvgIpc) is 2.87. The lowest BCUT2D eigenvalue weighted by Gasteiger charge is -2.51. The highest BCUT2D eigenvalue weighted by Gasteiger charge is 2.80. The minimum Gasteiger partial charge on any atom is -0.447 e. The van der Waals surface area contributed by atoms with Gasteiger partial charge in [-0.05, 0) is 30.5 Å². The first-order valence-electron chi connectivity index (χ1n) is 8.45. The van der Waals surface area contributed by atoms with Gasteiger partial charge in [0.2, 0.25) is 17.1 Å². The fourth-order valence-electron chi connectivity index (χ4n) is 4.80. The summed E-state index contributed by atoms with van der Waals surface area (Å²) in [5, 5.41) is 39.2. The zero-order valence-electron chi connectivity index (χ0n) is 13.8. The van der Waals surface area contributed by atoms with Crippen molar-refractivity contribution in [1.29, 1.82) is 21.2 Å². The van der Waals surface area contributed by atoms with Crippen molar-refractivity contribution in [3.8, 4) is 18.2 Å². The average molecular weight is 367 g/mol. The Morgan fingerprint density at radius 1 is 1.08 bits per heavy atom. The van der Waals surface area contributed by atoms with Crippen molar-refractivity contribution in [2.75, 3.05) is 0 Å². The van der Waals surface area contributed by atoms with Crippen LogP contribution in [0.3, 0.4) is 0 Å². The van der Waals surface area contributed by atoms with Gasteiger partial charge >= 0.3 is 0 Å². The Balaban J connectivity index is 1.99. The van der Waals surface area contributed by atoms with E-state index in [0.717, 1.165) is 12.8 Å². The summed E-state index contributed by atoms with van der Waals surface area (Å²) >= 11 is 5.96. The normalized spacial score (nSPS) is 36.8. The third-order valence-corrected chi connectivity index (χ3v) is 6.24. The van der Waals surface area contributed by atoms with Gasteiger partial charge in [0.25, 0.3) is 0 Å². The summed E-state index contributed by atoms with van der Waals surface area (Å²) in [5.74, 6) is -1.97. The molecule has 4 atom stereocenters. The molecule has 4 rings (SSSR count). The van der Waals surface area contributed by atoms with Crippen molar-refractivity contribution >= 4 is 17.5 Å². The lowest BCUT2D eigenvalue weighted by Crippen LogP contribution is -2.60. The highest BCUT2D eigenvalue weighted by atomic mass is 35.5. The van der Waals surface area contributed by atoms with Crippen LogP contribution in [0.1, 0.15) is 37.4 Å². The van der Waals surface area contributed by atoms with Gasteiger partial charge in [0, 0.05) is 11.4 Å². The maximum absolute atomic E-state index is 10.1. The molecule has 2 heterocycles. The molecular weight excluding hydrogens is 352 g/mol. The fraction of sp³-hybridized carbons (Fsp3) is 0.474. The summed E-state index contributed by atoms with van der Waals surface area (Å²) in [4.78, 5) is 0. The number of rotatable bonds is 1. The zero-order valence-corrected chi connectivity index (χ0v) is 14.6.